The molecule has 0 aliphatic rings. The number of allylic oxidation sites excluding steroid dienone is 3. The van der Waals surface area contributed by atoms with E-state index < -0.39 is 5.82 Å². The van der Waals surface area contributed by atoms with Gasteiger partial charge >= 0.3 is 0 Å². The third kappa shape index (κ3) is 3.71. The summed E-state index contributed by atoms with van der Waals surface area (Å²) in [5.41, 5.74) is 7.82. The van der Waals surface area contributed by atoms with Crippen molar-refractivity contribution in [2.75, 3.05) is 5.73 Å². The van der Waals surface area contributed by atoms with Crippen LogP contribution >= 0.6 is 0 Å². The lowest BCUT2D eigenvalue weighted by Crippen LogP contribution is -2.12. The SMILES string of the molecule is C/C=C(\C(C)=C/C(C)Oc1ccccc1F)n1ncc(C=O)c1N. The molecule has 0 fully saturated rings. The minimum atomic E-state index is -0.409. The molecule has 1 unspecified atom stereocenters. The Hall–Kier alpha value is -2.89. The molecular formula is C18H20FN3O2. The topological polar surface area (TPSA) is 70.1 Å². The largest absolute Gasteiger partial charge is 0.484 e. The van der Waals surface area contributed by atoms with Crippen molar-refractivity contribution >= 4 is 17.8 Å². The van der Waals surface area contributed by atoms with E-state index >= 15 is 0 Å². The Morgan fingerprint density at radius 3 is 2.71 bits per heavy atom. The lowest BCUT2D eigenvalue weighted by Gasteiger charge is -2.15. The van der Waals surface area contributed by atoms with Gasteiger partial charge in [0.15, 0.2) is 17.9 Å². The van der Waals surface area contributed by atoms with Gasteiger partial charge in [0.1, 0.15) is 11.9 Å². The van der Waals surface area contributed by atoms with E-state index in [1.54, 1.807) is 18.2 Å². The van der Waals surface area contributed by atoms with Crippen LogP contribution < -0.4 is 10.5 Å². The van der Waals surface area contributed by atoms with E-state index in [2.05, 4.69) is 5.10 Å². The summed E-state index contributed by atoms with van der Waals surface area (Å²) in [4.78, 5) is 10.9. The number of rotatable bonds is 6. The summed E-state index contributed by atoms with van der Waals surface area (Å²) in [6.07, 6.45) is 5.38. The smallest absolute Gasteiger partial charge is 0.165 e. The van der Waals surface area contributed by atoms with E-state index in [0.29, 0.717) is 11.8 Å². The standard InChI is InChI=1S/C18H20FN3O2/c1-4-16(22-18(20)14(11-23)10-21-22)12(2)9-13(3)24-17-8-6-5-7-15(17)19/h4-11,13H,20H2,1-3H3/b12-9-,16-4+. The Kier molecular flexibility index (Phi) is 5.52. The third-order valence-corrected chi connectivity index (χ3v) is 3.50. The van der Waals surface area contributed by atoms with Crippen LogP contribution in [0.2, 0.25) is 0 Å². The van der Waals surface area contributed by atoms with Gasteiger partial charge in [0.25, 0.3) is 0 Å². The number of ether oxygens (including phenoxy) is 1. The Labute approximate surface area is 140 Å². The zero-order chi connectivity index (χ0) is 17.7. The Bertz CT molecular complexity index is 793. The Morgan fingerprint density at radius 1 is 1.42 bits per heavy atom. The molecule has 0 amide bonds. The molecule has 0 aliphatic carbocycles. The molecule has 1 atom stereocenters. The molecule has 2 rings (SSSR count). The monoisotopic (exact) mass is 329 g/mol. The van der Waals surface area contributed by atoms with Gasteiger partial charge in [-0.15, -0.1) is 0 Å². The summed E-state index contributed by atoms with van der Waals surface area (Å²) in [6, 6.07) is 6.25. The molecule has 0 saturated heterocycles. The first-order chi connectivity index (χ1) is 11.5. The lowest BCUT2D eigenvalue weighted by molar-refractivity contribution is 0.112. The molecule has 1 heterocycles. The number of carbonyl (C=O) groups is 1. The number of benzene rings is 1. The Balaban J connectivity index is 2.22. The number of carbonyl (C=O) groups excluding carboxylic acids is 1. The predicted molar refractivity (Wildman–Crippen MR) is 92.2 cm³/mol. The van der Waals surface area contributed by atoms with Crippen LogP contribution in [-0.2, 0) is 0 Å². The molecule has 0 spiro atoms. The summed E-state index contributed by atoms with van der Waals surface area (Å²) >= 11 is 0. The molecule has 5 nitrogen and oxygen atoms in total. The molecule has 126 valence electrons. The molecule has 0 radical (unpaired) electrons. The van der Waals surface area contributed by atoms with E-state index in [0.717, 1.165) is 11.3 Å². The Morgan fingerprint density at radius 2 is 2.12 bits per heavy atom. The van der Waals surface area contributed by atoms with E-state index in [1.165, 1.54) is 16.9 Å². The number of aromatic nitrogens is 2. The highest BCUT2D eigenvalue weighted by Gasteiger charge is 2.13. The van der Waals surface area contributed by atoms with Crippen LogP contribution in [0.5, 0.6) is 5.75 Å². The van der Waals surface area contributed by atoms with Gasteiger partial charge in [-0.1, -0.05) is 18.2 Å². The van der Waals surface area contributed by atoms with Gasteiger partial charge in [0.2, 0.25) is 0 Å². The van der Waals surface area contributed by atoms with E-state index in [-0.39, 0.29) is 17.7 Å². The van der Waals surface area contributed by atoms with E-state index in [4.69, 9.17) is 10.5 Å². The van der Waals surface area contributed by atoms with Crippen molar-refractivity contribution in [2.45, 2.75) is 26.9 Å². The number of hydrogen-bond donors (Lipinski definition) is 1. The summed E-state index contributed by atoms with van der Waals surface area (Å²) in [5, 5.41) is 4.13. The van der Waals surface area contributed by atoms with Crippen LogP contribution in [-0.4, -0.2) is 22.2 Å². The van der Waals surface area contributed by atoms with Crippen LogP contribution in [0.25, 0.3) is 5.70 Å². The van der Waals surface area contributed by atoms with Crippen LogP contribution in [0.15, 0.2) is 48.2 Å². The number of para-hydroxylation sites is 1. The minimum Gasteiger partial charge on any atom is -0.484 e. The number of aldehydes is 1. The van der Waals surface area contributed by atoms with Crippen LogP contribution in [0, 0.1) is 5.82 Å². The van der Waals surface area contributed by atoms with Crippen molar-refractivity contribution in [3.05, 3.63) is 59.6 Å². The highest BCUT2D eigenvalue weighted by atomic mass is 19.1. The first-order valence-corrected chi connectivity index (χ1v) is 7.53. The zero-order valence-electron chi connectivity index (χ0n) is 13.9. The molecule has 1 aromatic heterocycles. The third-order valence-electron chi connectivity index (χ3n) is 3.50. The first kappa shape index (κ1) is 17.5. The van der Waals surface area contributed by atoms with Crippen molar-refractivity contribution in [3.63, 3.8) is 0 Å². The quantitative estimate of drug-likeness (QED) is 0.648. The second kappa shape index (κ2) is 7.59. The first-order valence-electron chi connectivity index (χ1n) is 7.53. The second-order valence-corrected chi connectivity index (χ2v) is 5.29. The van der Waals surface area contributed by atoms with Crippen LogP contribution in [0.4, 0.5) is 10.2 Å². The fourth-order valence-electron chi connectivity index (χ4n) is 2.38. The summed E-state index contributed by atoms with van der Waals surface area (Å²) in [7, 11) is 0. The highest BCUT2D eigenvalue weighted by molar-refractivity contribution is 5.83. The molecular weight excluding hydrogens is 309 g/mol. The van der Waals surface area contributed by atoms with Gasteiger partial charge < -0.3 is 10.5 Å². The van der Waals surface area contributed by atoms with Crippen molar-refractivity contribution < 1.29 is 13.9 Å². The number of halogens is 1. The minimum absolute atomic E-state index is 0.193. The zero-order valence-corrected chi connectivity index (χ0v) is 13.9. The molecule has 6 heteroatoms. The van der Waals surface area contributed by atoms with Gasteiger partial charge in [0, 0.05) is 0 Å². The molecule has 1 aromatic carbocycles. The van der Waals surface area contributed by atoms with Gasteiger partial charge in [-0.25, -0.2) is 9.07 Å². The number of nitrogens with zero attached hydrogens (tertiary/aromatic N) is 2. The molecule has 24 heavy (non-hydrogen) atoms. The number of nitrogen functional groups attached to an aromatic ring is 1. The van der Waals surface area contributed by atoms with Gasteiger partial charge in [-0.3, -0.25) is 4.79 Å². The fourth-order valence-corrected chi connectivity index (χ4v) is 2.38. The average Bonchev–Trinajstić information content (AvgIpc) is 2.91. The van der Waals surface area contributed by atoms with Gasteiger partial charge in [-0.05, 0) is 44.6 Å². The fraction of sp³-hybridized carbons (Fsp3) is 0.222. The highest BCUT2D eigenvalue weighted by Crippen LogP contribution is 2.23. The average molecular weight is 329 g/mol. The van der Waals surface area contributed by atoms with Crippen molar-refractivity contribution in [2.24, 2.45) is 0 Å². The maximum Gasteiger partial charge on any atom is 0.165 e. The molecule has 0 saturated carbocycles. The summed E-state index contributed by atoms with van der Waals surface area (Å²) < 4.78 is 20.7. The molecule has 2 aromatic rings. The van der Waals surface area contributed by atoms with Crippen LogP contribution in [0.1, 0.15) is 31.1 Å². The summed E-state index contributed by atoms with van der Waals surface area (Å²) in [5.74, 6) is 0.0556. The number of anilines is 1. The van der Waals surface area contributed by atoms with Crippen molar-refractivity contribution in [1.82, 2.24) is 9.78 Å². The molecule has 0 bridgehead atoms. The predicted octanol–water partition coefficient (Wildman–Crippen LogP) is 3.69. The number of nitrogens with two attached hydrogens (primary N) is 1. The maximum absolute atomic E-state index is 13.7. The molecule has 0 aliphatic heterocycles. The number of hydrogen-bond acceptors (Lipinski definition) is 4. The maximum atomic E-state index is 13.7. The van der Waals surface area contributed by atoms with E-state index in [9.17, 15) is 9.18 Å². The second-order valence-electron chi connectivity index (χ2n) is 5.29. The van der Waals surface area contributed by atoms with Crippen LogP contribution in [0.3, 0.4) is 0 Å². The van der Waals surface area contributed by atoms with E-state index in [1.807, 2.05) is 32.9 Å². The normalized spacial score (nSPS) is 13.7. The van der Waals surface area contributed by atoms with Crippen molar-refractivity contribution in [3.8, 4) is 5.75 Å². The van der Waals surface area contributed by atoms with Gasteiger partial charge in [-0.2, -0.15) is 5.10 Å². The lowest BCUT2D eigenvalue weighted by atomic mass is 10.1. The molecule has 2 N–H and O–H groups in total. The summed E-state index contributed by atoms with van der Waals surface area (Å²) in [6.45, 7) is 5.53. The van der Waals surface area contributed by atoms with Crippen molar-refractivity contribution in [1.29, 1.82) is 0 Å². The van der Waals surface area contributed by atoms with Gasteiger partial charge in [0.05, 0.1) is 17.5 Å².